The Hall–Kier alpha value is -1.61. The van der Waals surface area contributed by atoms with Gasteiger partial charge in [-0.3, -0.25) is 4.79 Å². The van der Waals surface area contributed by atoms with Gasteiger partial charge in [0.05, 0.1) is 5.92 Å². The number of carbonyl (C=O) groups is 1. The Balaban J connectivity index is 1.98. The number of nitrogens with one attached hydrogen (secondary N) is 1. The number of thiophene rings is 1. The number of hydrogen-bond donors (Lipinski definition) is 1. The van der Waals surface area contributed by atoms with Crippen LogP contribution in [-0.2, 0) is 11.3 Å². The van der Waals surface area contributed by atoms with Crippen LogP contribution in [0, 0.1) is 0 Å². The van der Waals surface area contributed by atoms with Crippen LogP contribution in [0.5, 0.6) is 0 Å². The minimum absolute atomic E-state index is 0.0511. The van der Waals surface area contributed by atoms with Gasteiger partial charge in [-0.05, 0) is 34.4 Å². The van der Waals surface area contributed by atoms with Crippen molar-refractivity contribution >= 4 is 17.2 Å². The molecule has 2 aromatic rings. The van der Waals surface area contributed by atoms with Gasteiger partial charge in [-0.15, -0.1) is 0 Å². The highest BCUT2D eigenvalue weighted by Crippen LogP contribution is 2.19. The SMILES string of the molecule is CCC(C(=O)NCc1ccsc1)c1ccccc1. The van der Waals surface area contributed by atoms with Crippen molar-refractivity contribution in [1.29, 1.82) is 0 Å². The zero-order valence-corrected chi connectivity index (χ0v) is 11.2. The van der Waals surface area contributed by atoms with Crippen molar-refractivity contribution in [2.75, 3.05) is 0 Å². The molecule has 0 aliphatic heterocycles. The molecule has 0 bridgehead atoms. The molecule has 1 unspecified atom stereocenters. The average Bonchev–Trinajstić information content (AvgIpc) is 2.92. The highest BCUT2D eigenvalue weighted by Gasteiger charge is 2.17. The van der Waals surface area contributed by atoms with E-state index in [1.807, 2.05) is 48.7 Å². The monoisotopic (exact) mass is 259 g/mol. The Labute approximate surface area is 112 Å². The molecule has 0 aliphatic carbocycles. The largest absolute Gasteiger partial charge is 0.351 e. The lowest BCUT2D eigenvalue weighted by Crippen LogP contribution is -2.28. The number of benzene rings is 1. The second kappa shape index (κ2) is 6.36. The Morgan fingerprint density at radius 1 is 1.28 bits per heavy atom. The van der Waals surface area contributed by atoms with Crippen LogP contribution >= 0.6 is 11.3 Å². The Kier molecular flexibility index (Phi) is 4.53. The summed E-state index contributed by atoms with van der Waals surface area (Å²) in [6, 6.07) is 12.0. The van der Waals surface area contributed by atoms with Crippen LogP contribution in [0.3, 0.4) is 0 Å². The van der Waals surface area contributed by atoms with E-state index < -0.39 is 0 Å². The zero-order chi connectivity index (χ0) is 12.8. The maximum atomic E-state index is 12.2. The first-order valence-corrected chi connectivity index (χ1v) is 7.09. The summed E-state index contributed by atoms with van der Waals surface area (Å²) in [4.78, 5) is 12.2. The number of amides is 1. The third kappa shape index (κ3) is 3.20. The quantitative estimate of drug-likeness (QED) is 0.874. The van der Waals surface area contributed by atoms with Crippen molar-refractivity contribution in [2.45, 2.75) is 25.8 Å². The summed E-state index contributed by atoms with van der Waals surface area (Å²) in [5, 5.41) is 7.09. The summed E-state index contributed by atoms with van der Waals surface area (Å²) in [6.45, 7) is 2.66. The van der Waals surface area contributed by atoms with E-state index in [0.717, 1.165) is 17.5 Å². The molecule has 2 nitrogen and oxygen atoms in total. The third-order valence-electron chi connectivity index (χ3n) is 2.97. The summed E-state index contributed by atoms with van der Waals surface area (Å²) in [7, 11) is 0. The normalized spacial score (nSPS) is 12.1. The van der Waals surface area contributed by atoms with Crippen molar-refractivity contribution < 1.29 is 4.79 Å². The molecule has 1 aromatic carbocycles. The maximum Gasteiger partial charge on any atom is 0.227 e. The molecular weight excluding hydrogens is 242 g/mol. The van der Waals surface area contributed by atoms with Gasteiger partial charge >= 0.3 is 0 Å². The van der Waals surface area contributed by atoms with E-state index in [1.165, 1.54) is 0 Å². The fraction of sp³-hybridized carbons (Fsp3) is 0.267. The second-order valence-corrected chi connectivity index (χ2v) is 5.00. The molecule has 0 saturated heterocycles. The minimum Gasteiger partial charge on any atom is -0.351 e. The smallest absolute Gasteiger partial charge is 0.227 e. The molecule has 1 heterocycles. The van der Waals surface area contributed by atoms with Crippen molar-refractivity contribution in [1.82, 2.24) is 5.32 Å². The molecule has 3 heteroatoms. The zero-order valence-electron chi connectivity index (χ0n) is 10.4. The average molecular weight is 259 g/mol. The Morgan fingerprint density at radius 3 is 2.67 bits per heavy atom. The van der Waals surface area contributed by atoms with E-state index in [0.29, 0.717) is 6.54 Å². The van der Waals surface area contributed by atoms with Gasteiger partial charge < -0.3 is 5.32 Å². The molecule has 2 rings (SSSR count). The third-order valence-corrected chi connectivity index (χ3v) is 3.71. The highest BCUT2D eigenvalue weighted by atomic mass is 32.1. The van der Waals surface area contributed by atoms with Crippen LogP contribution in [-0.4, -0.2) is 5.91 Å². The molecule has 0 saturated carbocycles. The number of rotatable bonds is 5. The first-order chi connectivity index (χ1) is 8.81. The lowest BCUT2D eigenvalue weighted by atomic mass is 9.95. The lowest BCUT2D eigenvalue weighted by Gasteiger charge is -2.15. The molecule has 1 N–H and O–H groups in total. The predicted octanol–water partition coefficient (Wildman–Crippen LogP) is 3.56. The van der Waals surface area contributed by atoms with Crippen LogP contribution in [0.2, 0.25) is 0 Å². The van der Waals surface area contributed by atoms with Crippen LogP contribution in [0.4, 0.5) is 0 Å². The molecule has 1 amide bonds. The lowest BCUT2D eigenvalue weighted by molar-refractivity contribution is -0.122. The van der Waals surface area contributed by atoms with E-state index >= 15 is 0 Å². The van der Waals surface area contributed by atoms with Crippen molar-refractivity contribution in [3.63, 3.8) is 0 Å². The Morgan fingerprint density at radius 2 is 2.06 bits per heavy atom. The van der Waals surface area contributed by atoms with E-state index in [9.17, 15) is 4.79 Å². The number of carbonyl (C=O) groups excluding carboxylic acids is 1. The summed E-state index contributed by atoms with van der Waals surface area (Å²) < 4.78 is 0. The van der Waals surface area contributed by atoms with E-state index in [-0.39, 0.29) is 11.8 Å². The Bertz CT molecular complexity index is 478. The fourth-order valence-corrected chi connectivity index (χ4v) is 2.63. The molecule has 18 heavy (non-hydrogen) atoms. The molecule has 0 radical (unpaired) electrons. The van der Waals surface area contributed by atoms with Crippen molar-refractivity contribution in [3.8, 4) is 0 Å². The standard InChI is InChI=1S/C15H17NOS/c1-2-14(13-6-4-3-5-7-13)15(17)16-10-12-8-9-18-11-12/h3-9,11,14H,2,10H2,1H3,(H,16,17). The molecule has 0 aliphatic rings. The summed E-state index contributed by atoms with van der Waals surface area (Å²) >= 11 is 1.65. The molecule has 0 spiro atoms. The van der Waals surface area contributed by atoms with Crippen molar-refractivity contribution in [2.24, 2.45) is 0 Å². The van der Waals surface area contributed by atoms with Gasteiger partial charge in [0.2, 0.25) is 5.91 Å². The van der Waals surface area contributed by atoms with Gasteiger partial charge in [-0.1, -0.05) is 37.3 Å². The van der Waals surface area contributed by atoms with Gasteiger partial charge in [0.15, 0.2) is 0 Å². The van der Waals surface area contributed by atoms with E-state index in [2.05, 4.69) is 10.7 Å². The summed E-state index contributed by atoms with van der Waals surface area (Å²) in [5.74, 6) is 0.0553. The van der Waals surface area contributed by atoms with E-state index in [1.54, 1.807) is 11.3 Å². The number of hydrogen-bond acceptors (Lipinski definition) is 2. The van der Waals surface area contributed by atoms with Crippen LogP contribution < -0.4 is 5.32 Å². The van der Waals surface area contributed by atoms with Gasteiger partial charge in [0, 0.05) is 6.54 Å². The van der Waals surface area contributed by atoms with Crippen LogP contribution in [0.15, 0.2) is 47.2 Å². The van der Waals surface area contributed by atoms with Gasteiger partial charge in [0.1, 0.15) is 0 Å². The topological polar surface area (TPSA) is 29.1 Å². The summed E-state index contributed by atoms with van der Waals surface area (Å²) in [6.07, 6.45) is 0.819. The van der Waals surface area contributed by atoms with Crippen molar-refractivity contribution in [3.05, 3.63) is 58.3 Å². The van der Waals surface area contributed by atoms with Gasteiger partial charge in [0.25, 0.3) is 0 Å². The maximum absolute atomic E-state index is 12.2. The van der Waals surface area contributed by atoms with E-state index in [4.69, 9.17) is 0 Å². The van der Waals surface area contributed by atoms with Gasteiger partial charge in [-0.2, -0.15) is 11.3 Å². The van der Waals surface area contributed by atoms with Gasteiger partial charge in [-0.25, -0.2) is 0 Å². The second-order valence-electron chi connectivity index (χ2n) is 4.22. The first kappa shape index (κ1) is 12.8. The predicted molar refractivity (Wildman–Crippen MR) is 75.6 cm³/mol. The molecule has 1 aromatic heterocycles. The molecule has 1 atom stereocenters. The molecule has 94 valence electrons. The summed E-state index contributed by atoms with van der Waals surface area (Å²) in [5.41, 5.74) is 2.25. The first-order valence-electron chi connectivity index (χ1n) is 6.15. The fourth-order valence-electron chi connectivity index (χ4n) is 1.96. The highest BCUT2D eigenvalue weighted by molar-refractivity contribution is 7.07. The van der Waals surface area contributed by atoms with Crippen LogP contribution in [0.25, 0.3) is 0 Å². The van der Waals surface area contributed by atoms with Crippen LogP contribution in [0.1, 0.15) is 30.4 Å². The minimum atomic E-state index is -0.0511. The molecule has 0 fully saturated rings. The molecular formula is C15H17NOS.